The lowest BCUT2D eigenvalue weighted by Gasteiger charge is -2.26. The number of nitrogens with zero attached hydrogens (tertiary/aromatic N) is 2. The van der Waals surface area contributed by atoms with E-state index in [2.05, 4.69) is 0 Å². The summed E-state index contributed by atoms with van der Waals surface area (Å²) in [5, 5.41) is 1.67. The van der Waals surface area contributed by atoms with Gasteiger partial charge in [0, 0.05) is 11.4 Å². The number of aromatic nitrogens is 1. The molecule has 0 radical (unpaired) electrons. The minimum atomic E-state index is -0.507. The quantitative estimate of drug-likeness (QED) is 0.814. The van der Waals surface area contributed by atoms with Gasteiger partial charge in [0.1, 0.15) is 6.54 Å². The first-order chi connectivity index (χ1) is 10.5. The highest BCUT2D eigenvalue weighted by molar-refractivity contribution is 6.34. The van der Waals surface area contributed by atoms with Crippen LogP contribution in [0.2, 0.25) is 5.02 Å². The Labute approximate surface area is 134 Å². The largest absolute Gasteiger partial charge is 0.468 e. The van der Waals surface area contributed by atoms with Crippen molar-refractivity contribution < 1.29 is 14.3 Å². The van der Waals surface area contributed by atoms with E-state index in [0.29, 0.717) is 10.6 Å². The molecule has 0 N–H and O–H groups in total. The van der Waals surface area contributed by atoms with Gasteiger partial charge in [-0.15, -0.1) is 0 Å². The molecular weight excluding hydrogens is 304 g/mol. The Balaban J connectivity index is 2.47. The Morgan fingerprint density at radius 2 is 1.73 bits per heavy atom. The molecule has 5 nitrogen and oxygen atoms in total. The number of esters is 1. The van der Waals surface area contributed by atoms with Gasteiger partial charge in [0.15, 0.2) is 0 Å². The summed E-state index contributed by atoms with van der Waals surface area (Å²) in [4.78, 5) is 24.5. The number of hydrogen-bond donors (Lipinski definition) is 0. The predicted octanol–water partition coefficient (Wildman–Crippen LogP) is 2.71. The molecule has 22 heavy (non-hydrogen) atoms. The number of carbonyl (C=O) groups excluding carboxylic acids is 2. The fraction of sp³-hybridized carbons (Fsp3) is 0.250. The van der Waals surface area contributed by atoms with Crippen molar-refractivity contribution in [3.8, 4) is 0 Å². The summed E-state index contributed by atoms with van der Waals surface area (Å²) >= 11 is 6.10. The van der Waals surface area contributed by atoms with Gasteiger partial charge in [0.2, 0.25) is 0 Å². The molecule has 1 aromatic carbocycles. The van der Waals surface area contributed by atoms with Crippen molar-refractivity contribution in [2.24, 2.45) is 0 Å². The van der Waals surface area contributed by atoms with Crippen molar-refractivity contribution in [2.45, 2.75) is 13.8 Å². The lowest BCUT2D eigenvalue weighted by molar-refractivity contribution is -0.139. The molecule has 0 saturated carbocycles. The maximum atomic E-state index is 12.8. The molecule has 0 aliphatic carbocycles. The summed E-state index contributed by atoms with van der Waals surface area (Å²) in [5.41, 5.74) is 2.00. The van der Waals surface area contributed by atoms with E-state index in [9.17, 15) is 9.59 Å². The molecule has 0 atom stereocenters. The molecule has 0 fully saturated rings. The average Bonchev–Trinajstić information content (AvgIpc) is 2.83. The Morgan fingerprint density at radius 1 is 1.14 bits per heavy atom. The minimum Gasteiger partial charge on any atom is -0.468 e. The molecule has 0 unspecified atom stereocenters. The molecule has 2 aromatic rings. The number of aryl methyl sites for hydroxylation is 2. The summed E-state index contributed by atoms with van der Waals surface area (Å²) in [7, 11) is 1.29. The van der Waals surface area contributed by atoms with Gasteiger partial charge in [-0.3, -0.25) is 14.3 Å². The summed E-state index contributed by atoms with van der Waals surface area (Å²) in [6.07, 6.45) is 0. The van der Waals surface area contributed by atoms with E-state index < -0.39 is 5.97 Å². The Kier molecular flexibility index (Phi) is 4.88. The van der Waals surface area contributed by atoms with Gasteiger partial charge in [-0.2, -0.15) is 0 Å². The van der Waals surface area contributed by atoms with E-state index in [1.807, 2.05) is 26.0 Å². The fourth-order valence-electron chi connectivity index (χ4n) is 2.24. The van der Waals surface area contributed by atoms with Gasteiger partial charge < -0.3 is 4.74 Å². The van der Waals surface area contributed by atoms with Gasteiger partial charge in [-0.1, -0.05) is 23.7 Å². The Bertz CT molecular complexity index is 690. The first-order valence-corrected chi connectivity index (χ1v) is 7.12. The van der Waals surface area contributed by atoms with Gasteiger partial charge in [-0.05, 0) is 38.1 Å². The lowest BCUT2D eigenvalue weighted by Crippen LogP contribution is -2.45. The molecule has 116 valence electrons. The van der Waals surface area contributed by atoms with Crippen molar-refractivity contribution in [1.82, 2.24) is 4.68 Å². The smallest absolute Gasteiger partial charge is 0.327 e. The number of benzene rings is 1. The third-order valence-corrected chi connectivity index (χ3v) is 3.65. The average molecular weight is 321 g/mol. The molecule has 2 rings (SSSR count). The minimum absolute atomic E-state index is 0.198. The second-order valence-electron chi connectivity index (χ2n) is 4.85. The van der Waals surface area contributed by atoms with E-state index in [1.54, 1.807) is 28.9 Å². The van der Waals surface area contributed by atoms with Crippen molar-refractivity contribution in [2.75, 3.05) is 18.7 Å². The molecule has 1 heterocycles. The molecule has 6 heteroatoms. The van der Waals surface area contributed by atoms with Crippen LogP contribution in [0.15, 0.2) is 36.4 Å². The van der Waals surface area contributed by atoms with Crippen LogP contribution < -0.4 is 5.01 Å². The van der Waals surface area contributed by atoms with Crippen LogP contribution in [-0.2, 0) is 9.53 Å². The third-order valence-electron chi connectivity index (χ3n) is 3.32. The number of carbonyl (C=O) groups is 2. The number of amides is 1. The molecule has 1 aromatic heterocycles. The second kappa shape index (κ2) is 6.66. The van der Waals surface area contributed by atoms with Gasteiger partial charge >= 0.3 is 5.97 Å². The first-order valence-electron chi connectivity index (χ1n) is 6.74. The van der Waals surface area contributed by atoms with Crippen molar-refractivity contribution in [3.63, 3.8) is 0 Å². The monoisotopic (exact) mass is 320 g/mol. The lowest BCUT2D eigenvalue weighted by atomic mass is 10.2. The van der Waals surface area contributed by atoms with E-state index in [1.165, 1.54) is 12.1 Å². The van der Waals surface area contributed by atoms with E-state index in [-0.39, 0.29) is 12.5 Å². The molecular formula is C16H17ClN2O3. The Morgan fingerprint density at radius 3 is 2.27 bits per heavy atom. The van der Waals surface area contributed by atoms with Crippen LogP contribution in [0.3, 0.4) is 0 Å². The highest BCUT2D eigenvalue weighted by Crippen LogP contribution is 2.18. The first kappa shape index (κ1) is 16.1. The van der Waals surface area contributed by atoms with Crippen molar-refractivity contribution in [1.29, 1.82) is 0 Å². The van der Waals surface area contributed by atoms with E-state index >= 15 is 0 Å². The highest BCUT2D eigenvalue weighted by atomic mass is 35.5. The summed E-state index contributed by atoms with van der Waals surface area (Å²) < 4.78 is 6.38. The van der Waals surface area contributed by atoms with Crippen LogP contribution in [0.25, 0.3) is 0 Å². The highest BCUT2D eigenvalue weighted by Gasteiger charge is 2.24. The van der Waals surface area contributed by atoms with Crippen LogP contribution >= 0.6 is 11.6 Å². The summed E-state index contributed by atoms with van der Waals surface area (Å²) in [6, 6.07) is 10.5. The third kappa shape index (κ3) is 3.14. The fourth-order valence-corrected chi connectivity index (χ4v) is 2.45. The number of hydrogen-bond acceptors (Lipinski definition) is 3. The van der Waals surface area contributed by atoms with Crippen LogP contribution in [-0.4, -0.2) is 30.2 Å². The number of methoxy groups -OCH3 is 1. The van der Waals surface area contributed by atoms with E-state index in [4.69, 9.17) is 16.3 Å². The predicted molar refractivity (Wildman–Crippen MR) is 84.8 cm³/mol. The maximum absolute atomic E-state index is 12.8. The topological polar surface area (TPSA) is 51.5 Å². The van der Waals surface area contributed by atoms with Crippen LogP contribution in [0.4, 0.5) is 0 Å². The Hall–Kier alpha value is -2.27. The van der Waals surface area contributed by atoms with Crippen molar-refractivity contribution >= 4 is 23.5 Å². The van der Waals surface area contributed by atoms with Crippen molar-refractivity contribution in [3.05, 3.63) is 58.4 Å². The summed E-state index contributed by atoms with van der Waals surface area (Å²) in [6.45, 7) is 3.52. The van der Waals surface area contributed by atoms with Gasteiger partial charge in [-0.25, -0.2) is 5.01 Å². The molecule has 0 aliphatic rings. The number of halogens is 1. The maximum Gasteiger partial charge on any atom is 0.327 e. The zero-order valence-corrected chi connectivity index (χ0v) is 13.4. The van der Waals surface area contributed by atoms with Crippen LogP contribution in [0, 0.1) is 13.8 Å². The standard InChI is InChI=1S/C16H17ClN2O3/c1-11-8-9-12(2)19(11)18(10-15(20)22-3)16(21)13-6-4-5-7-14(13)17/h4-9H,10H2,1-3H3. The van der Waals surface area contributed by atoms with E-state index in [0.717, 1.165) is 11.4 Å². The van der Waals surface area contributed by atoms with Gasteiger partial charge in [0.05, 0.1) is 17.7 Å². The molecule has 1 amide bonds. The molecule has 0 spiro atoms. The number of ether oxygens (including phenoxy) is 1. The summed E-state index contributed by atoms with van der Waals surface area (Å²) in [5.74, 6) is -0.869. The molecule has 0 aliphatic heterocycles. The zero-order chi connectivity index (χ0) is 16.3. The number of rotatable bonds is 4. The van der Waals surface area contributed by atoms with Crippen LogP contribution in [0.5, 0.6) is 0 Å². The molecule has 0 saturated heterocycles. The van der Waals surface area contributed by atoms with Gasteiger partial charge in [0.25, 0.3) is 5.91 Å². The molecule has 0 bridgehead atoms. The normalized spacial score (nSPS) is 10.4. The zero-order valence-electron chi connectivity index (χ0n) is 12.7. The second-order valence-corrected chi connectivity index (χ2v) is 5.25. The SMILES string of the molecule is COC(=O)CN(C(=O)c1ccccc1Cl)n1c(C)ccc1C. The van der Waals surface area contributed by atoms with Crippen LogP contribution in [0.1, 0.15) is 21.7 Å².